The molecule has 1 aromatic heterocycles. The van der Waals surface area contributed by atoms with E-state index in [9.17, 15) is 4.79 Å². The molecule has 1 amide bonds. The van der Waals surface area contributed by atoms with Gasteiger partial charge < -0.3 is 4.90 Å². The molecule has 2 aliphatic carbocycles. The Bertz CT molecular complexity index is 567. The molecule has 1 saturated heterocycles. The molecule has 4 heteroatoms. The number of amides is 1. The van der Waals surface area contributed by atoms with Crippen molar-refractivity contribution in [3.63, 3.8) is 0 Å². The molecule has 2 bridgehead atoms. The van der Waals surface area contributed by atoms with E-state index in [-0.39, 0.29) is 5.91 Å². The summed E-state index contributed by atoms with van der Waals surface area (Å²) in [6, 6.07) is 2.41. The van der Waals surface area contributed by atoms with E-state index >= 15 is 0 Å². The van der Waals surface area contributed by atoms with Gasteiger partial charge in [-0.1, -0.05) is 19.8 Å². The number of fused-ring (bicyclic) bond motifs is 2. The molecular weight excluding hydrogens is 286 g/mol. The fourth-order valence-electron chi connectivity index (χ4n) is 5.38. The van der Waals surface area contributed by atoms with Crippen molar-refractivity contribution in [3.8, 4) is 0 Å². The smallest absolute Gasteiger partial charge is 0.274 e. The first kappa shape index (κ1) is 15.2. The van der Waals surface area contributed by atoms with Crippen LogP contribution in [-0.2, 0) is 6.42 Å². The Morgan fingerprint density at radius 1 is 1.35 bits per heavy atom. The number of aromatic amines is 1. The lowest BCUT2D eigenvalue weighted by molar-refractivity contribution is 0.0701. The molecule has 4 rings (SSSR count). The lowest BCUT2D eigenvalue weighted by Gasteiger charge is -2.30. The fraction of sp³-hybridized carbons (Fsp3) is 0.789. The summed E-state index contributed by atoms with van der Waals surface area (Å²) in [5.74, 6) is 2.98. The van der Waals surface area contributed by atoms with Crippen LogP contribution >= 0.6 is 0 Å². The molecule has 1 aliphatic heterocycles. The van der Waals surface area contributed by atoms with E-state index in [0.717, 1.165) is 49.3 Å². The molecule has 0 radical (unpaired) electrons. The number of likely N-dealkylation sites (tertiary alicyclic amines) is 1. The Labute approximate surface area is 139 Å². The van der Waals surface area contributed by atoms with Gasteiger partial charge in [-0.2, -0.15) is 5.10 Å². The molecule has 23 heavy (non-hydrogen) atoms. The summed E-state index contributed by atoms with van der Waals surface area (Å²) in [5.41, 5.74) is 1.70. The number of hydrogen-bond donors (Lipinski definition) is 1. The van der Waals surface area contributed by atoms with E-state index in [4.69, 9.17) is 0 Å². The van der Waals surface area contributed by atoms with E-state index in [2.05, 4.69) is 22.0 Å². The van der Waals surface area contributed by atoms with Crippen molar-refractivity contribution < 1.29 is 4.79 Å². The molecule has 1 N–H and O–H groups in total. The van der Waals surface area contributed by atoms with Crippen LogP contribution in [0.5, 0.6) is 0 Å². The highest BCUT2D eigenvalue weighted by Gasteiger charge is 2.42. The summed E-state index contributed by atoms with van der Waals surface area (Å²) in [6.45, 7) is 3.06. The number of nitrogens with zero attached hydrogens (tertiary/aromatic N) is 2. The van der Waals surface area contributed by atoms with Crippen molar-refractivity contribution in [3.05, 3.63) is 17.5 Å². The number of nitrogens with one attached hydrogen (secondary N) is 1. The van der Waals surface area contributed by atoms with Gasteiger partial charge in [0.2, 0.25) is 0 Å². The third-order valence-corrected chi connectivity index (χ3v) is 6.47. The molecule has 3 aliphatic rings. The number of carbonyl (C=O) groups excluding carboxylic acids is 1. The Morgan fingerprint density at radius 3 is 3.00 bits per heavy atom. The first-order valence-corrected chi connectivity index (χ1v) is 9.59. The third kappa shape index (κ3) is 2.92. The van der Waals surface area contributed by atoms with Crippen LogP contribution in [0.1, 0.15) is 74.5 Å². The van der Waals surface area contributed by atoms with Gasteiger partial charge in [0.25, 0.3) is 5.91 Å². The zero-order valence-corrected chi connectivity index (χ0v) is 14.3. The molecule has 1 aromatic rings. The second-order valence-electron chi connectivity index (χ2n) is 7.99. The molecule has 2 saturated carbocycles. The van der Waals surface area contributed by atoms with Gasteiger partial charge in [-0.3, -0.25) is 9.89 Å². The molecule has 0 aromatic carbocycles. The number of H-pyrrole nitrogens is 1. The standard InChI is InChI=1S/C19H29N3O/c1-2-4-16-12-18(21-20-16)19(23)22-8-3-5-17(22)11-15-10-13-6-7-14(15)9-13/h12-15,17H,2-11H2,1H3,(H,20,21). The average Bonchev–Trinajstić information content (AvgIpc) is 3.31. The molecule has 0 spiro atoms. The number of aryl methyl sites for hydroxylation is 1. The highest BCUT2D eigenvalue weighted by Crippen LogP contribution is 2.50. The lowest BCUT2D eigenvalue weighted by Crippen LogP contribution is -2.37. The second-order valence-corrected chi connectivity index (χ2v) is 7.99. The van der Waals surface area contributed by atoms with E-state index in [0.29, 0.717) is 11.7 Å². The number of rotatable bonds is 5. The monoisotopic (exact) mass is 315 g/mol. The highest BCUT2D eigenvalue weighted by molar-refractivity contribution is 5.92. The summed E-state index contributed by atoms with van der Waals surface area (Å²) in [4.78, 5) is 15.0. The van der Waals surface area contributed by atoms with E-state index in [1.165, 1.54) is 38.5 Å². The van der Waals surface area contributed by atoms with Crippen LogP contribution in [0.15, 0.2) is 6.07 Å². The highest BCUT2D eigenvalue weighted by atomic mass is 16.2. The second kappa shape index (κ2) is 6.29. The fourth-order valence-corrected chi connectivity index (χ4v) is 5.38. The first-order valence-electron chi connectivity index (χ1n) is 9.59. The molecule has 4 atom stereocenters. The zero-order valence-electron chi connectivity index (χ0n) is 14.3. The summed E-state index contributed by atoms with van der Waals surface area (Å²) in [7, 11) is 0. The molecule has 4 unspecified atom stereocenters. The predicted octanol–water partition coefficient (Wildman–Crippen LogP) is 3.79. The maximum absolute atomic E-state index is 12.9. The Hall–Kier alpha value is -1.32. The normalized spacial score (nSPS) is 32.8. The minimum absolute atomic E-state index is 0.147. The molecule has 2 heterocycles. The van der Waals surface area contributed by atoms with Gasteiger partial charge in [0, 0.05) is 18.3 Å². The summed E-state index contributed by atoms with van der Waals surface area (Å²) < 4.78 is 0. The Morgan fingerprint density at radius 2 is 2.26 bits per heavy atom. The van der Waals surface area contributed by atoms with Crippen LogP contribution in [0, 0.1) is 17.8 Å². The maximum atomic E-state index is 12.9. The minimum Gasteiger partial charge on any atom is -0.334 e. The number of carbonyl (C=O) groups is 1. The summed E-state index contributed by atoms with van der Waals surface area (Å²) in [5, 5.41) is 7.29. The largest absolute Gasteiger partial charge is 0.334 e. The minimum atomic E-state index is 0.147. The van der Waals surface area contributed by atoms with Gasteiger partial charge in [0.15, 0.2) is 0 Å². The van der Waals surface area contributed by atoms with Crippen LogP contribution in [0.2, 0.25) is 0 Å². The SMILES string of the molecule is CCCc1cc(C(=O)N2CCCC2CC2CC3CCC2C3)n[nH]1. The van der Waals surface area contributed by atoms with Crippen LogP contribution in [0.4, 0.5) is 0 Å². The van der Waals surface area contributed by atoms with E-state index in [1.54, 1.807) is 0 Å². The van der Waals surface area contributed by atoms with Gasteiger partial charge in [-0.05, 0) is 68.8 Å². The third-order valence-electron chi connectivity index (χ3n) is 6.47. The zero-order chi connectivity index (χ0) is 15.8. The van der Waals surface area contributed by atoms with Crippen LogP contribution < -0.4 is 0 Å². The van der Waals surface area contributed by atoms with Crippen molar-refractivity contribution in [1.82, 2.24) is 15.1 Å². The lowest BCUT2D eigenvalue weighted by atomic mass is 9.83. The molecule has 3 fully saturated rings. The van der Waals surface area contributed by atoms with Gasteiger partial charge >= 0.3 is 0 Å². The first-order chi connectivity index (χ1) is 11.2. The average molecular weight is 315 g/mol. The summed E-state index contributed by atoms with van der Waals surface area (Å²) >= 11 is 0. The molecule has 4 nitrogen and oxygen atoms in total. The van der Waals surface area contributed by atoms with Gasteiger partial charge in [-0.15, -0.1) is 0 Å². The van der Waals surface area contributed by atoms with Gasteiger partial charge in [0.05, 0.1) is 0 Å². The van der Waals surface area contributed by atoms with Gasteiger partial charge in [0.1, 0.15) is 5.69 Å². The Kier molecular flexibility index (Phi) is 4.16. The van der Waals surface area contributed by atoms with Crippen LogP contribution in [-0.4, -0.2) is 33.6 Å². The summed E-state index contributed by atoms with van der Waals surface area (Å²) in [6.07, 6.45) is 11.4. The van der Waals surface area contributed by atoms with Crippen molar-refractivity contribution in [2.75, 3.05) is 6.54 Å². The van der Waals surface area contributed by atoms with E-state index < -0.39 is 0 Å². The molecule has 126 valence electrons. The van der Waals surface area contributed by atoms with Crippen molar-refractivity contribution >= 4 is 5.91 Å². The van der Waals surface area contributed by atoms with Crippen molar-refractivity contribution in [1.29, 1.82) is 0 Å². The predicted molar refractivity (Wildman–Crippen MR) is 90.2 cm³/mol. The number of hydrogen-bond acceptors (Lipinski definition) is 2. The van der Waals surface area contributed by atoms with Crippen LogP contribution in [0.3, 0.4) is 0 Å². The number of aromatic nitrogens is 2. The Balaban J connectivity index is 1.41. The molecular formula is C19H29N3O. The van der Waals surface area contributed by atoms with Crippen LogP contribution in [0.25, 0.3) is 0 Å². The topological polar surface area (TPSA) is 49.0 Å². The quantitative estimate of drug-likeness (QED) is 0.898. The maximum Gasteiger partial charge on any atom is 0.274 e. The van der Waals surface area contributed by atoms with Crippen molar-refractivity contribution in [2.45, 2.75) is 70.8 Å². The van der Waals surface area contributed by atoms with E-state index in [1.807, 2.05) is 6.07 Å². The van der Waals surface area contributed by atoms with Gasteiger partial charge in [-0.25, -0.2) is 0 Å². The van der Waals surface area contributed by atoms with Crippen molar-refractivity contribution in [2.24, 2.45) is 17.8 Å².